The molecule has 0 aromatic heterocycles. The van der Waals surface area contributed by atoms with Gasteiger partial charge in [-0.25, -0.2) is 10.2 Å². The first kappa shape index (κ1) is 31.6. The summed E-state index contributed by atoms with van der Waals surface area (Å²) in [7, 11) is 1.47. The Kier molecular flexibility index (Phi) is 10.4. The van der Waals surface area contributed by atoms with Gasteiger partial charge in [-0.1, -0.05) is 41.0 Å². The fourth-order valence-electron chi connectivity index (χ4n) is 3.65. The van der Waals surface area contributed by atoms with Crippen molar-refractivity contribution >= 4 is 103 Å². The number of amides is 4. The second-order valence-corrected chi connectivity index (χ2v) is 12.2. The molecule has 0 radical (unpaired) electrons. The van der Waals surface area contributed by atoms with Gasteiger partial charge in [0.25, 0.3) is 11.8 Å². The minimum atomic E-state index is -0.692. The first-order valence-electron chi connectivity index (χ1n) is 12.1. The molecule has 3 N–H and O–H groups in total. The summed E-state index contributed by atoms with van der Waals surface area (Å²) in [6.07, 6.45) is 1.61. The third-order valence-electron chi connectivity index (χ3n) is 5.89. The number of halogens is 3. The van der Waals surface area contributed by atoms with E-state index in [2.05, 4.69) is 32.0 Å². The van der Waals surface area contributed by atoms with Crippen molar-refractivity contribution in [1.82, 2.24) is 10.4 Å². The van der Waals surface area contributed by atoms with E-state index in [0.717, 1.165) is 32.4 Å². The molecule has 1 saturated heterocycles. The lowest BCUT2D eigenvalue weighted by atomic mass is 10.1. The molecule has 3 aromatic rings. The summed E-state index contributed by atoms with van der Waals surface area (Å²) in [6.45, 7) is 3.71. The fourth-order valence-corrected chi connectivity index (χ4v) is 5.68. The Balaban J connectivity index is 1.38. The number of aryl methyl sites for hydroxylation is 2. The summed E-state index contributed by atoms with van der Waals surface area (Å²) in [5.74, 6) is -0.150. The number of hydrogen-bond acceptors (Lipinski definition) is 7. The van der Waals surface area contributed by atoms with E-state index in [1.165, 1.54) is 19.2 Å². The zero-order valence-electron chi connectivity index (χ0n) is 22.3. The lowest BCUT2D eigenvalue weighted by molar-refractivity contribution is -0.123. The van der Waals surface area contributed by atoms with Crippen molar-refractivity contribution in [2.75, 3.05) is 24.4 Å². The molecule has 3 aromatic carbocycles. The quantitative estimate of drug-likeness (QED) is 0.166. The van der Waals surface area contributed by atoms with Crippen LogP contribution >= 0.6 is 63.1 Å². The number of benzene rings is 3. The first-order valence-corrected chi connectivity index (χ1v) is 14.9. The summed E-state index contributed by atoms with van der Waals surface area (Å²) in [5, 5.41) is 6.97. The van der Waals surface area contributed by atoms with Crippen LogP contribution in [-0.2, 0) is 9.59 Å². The molecule has 218 valence electrons. The number of thioether (sulfide) groups is 1. The minimum absolute atomic E-state index is 0.142. The Bertz CT molecular complexity index is 1640. The molecule has 0 aliphatic carbocycles. The standard InChI is InChI=1S/C28H23BrCl2N4O5S2/c1-14-8-18(29)21(9-15(14)2)33-25(36)13-40-22-7-4-16(10-23(22)39-3)11-24-26(37)35(28(41)42-24)34-27(38)32-17-5-6-19(30)20(31)12-17/h4-12H,13H2,1-3H3,(H,33,36)(H2,32,34,38)/b24-11+. The Hall–Kier alpha value is -3.29. The smallest absolute Gasteiger partial charge is 0.338 e. The van der Waals surface area contributed by atoms with Gasteiger partial charge in [0.15, 0.2) is 22.4 Å². The van der Waals surface area contributed by atoms with Gasteiger partial charge in [0, 0.05) is 10.2 Å². The predicted molar refractivity (Wildman–Crippen MR) is 174 cm³/mol. The maximum Gasteiger partial charge on any atom is 0.338 e. The van der Waals surface area contributed by atoms with Crippen LogP contribution < -0.4 is 25.5 Å². The molecule has 4 rings (SSSR count). The van der Waals surface area contributed by atoms with E-state index in [1.54, 1.807) is 30.3 Å². The Morgan fingerprint density at radius 2 is 1.76 bits per heavy atom. The van der Waals surface area contributed by atoms with E-state index < -0.39 is 11.9 Å². The summed E-state index contributed by atoms with van der Waals surface area (Å²) in [5.41, 5.74) is 6.22. The number of hydrazine groups is 1. The lowest BCUT2D eigenvalue weighted by Gasteiger charge is -2.16. The third kappa shape index (κ3) is 7.75. The first-order chi connectivity index (χ1) is 19.9. The largest absolute Gasteiger partial charge is 0.493 e. The topological polar surface area (TPSA) is 109 Å². The predicted octanol–water partition coefficient (Wildman–Crippen LogP) is 7.34. The highest BCUT2D eigenvalue weighted by molar-refractivity contribution is 9.10. The molecule has 1 fully saturated rings. The highest BCUT2D eigenvalue weighted by Crippen LogP contribution is 2.34. The molecule has 1 heterocycles. The molecular weight excluding hydrogens is 687 g/mol. The molecule has 0 saturated carbocycles. The number of ether oxygens (including phenoxy) is 2. The van der Waals surface area contributed by atoms with Crippen LogP contribution in [0, 0.1) is 13.8 Å². The molecule has 9 nitrogen and oxygen atoms in total. The SMILES string of the molecule is COc1cc(/C=C2/SC(=S)N(NC(=O)Nc3ccc(Cl)c(Cl)c3)C2=O)ccc1OCC(=O)Nc1cc(C)c(C)cc1Br. The second-order valence-electron chi connectivity index (χ2n) is 8.88. The van der Waals surface area contributed by atoms with E-state index in [9.17, 15) is 14.4 Å². The van der Waals surface area contributed by atoms with Crippen LogP contribution in [0.1, 0.15) is 16.7 Å². The molecule has 1 aliphatic rings. The number of nitrogens with one attached hydrogen (secondary N) is 3. The number of methoxy groups -OCH3 is 1. The number of anilines is 2. The molecule has 0 unspecified atom stereocenters. The summed E-state index contributed by atoms with van der Waals surface area (Å²) in [4.78, 5) is 38.2. The van der Waals surface area contributed by atoms with Crippen molar-refractivity contribution in [1.29, 1.82) is 0 Å². The number of thiocarbonyl (C=S) groups is 1. The van der Waals surface area contributed by atoms with E-state index in [-0.39, 0.29) is 26.8 Å². The van der Waals surface area contributed by atoms with Gasteiger partial charge in [0.05, 0.1) is 27.7 Å². The minimum Gasteiger partial charge on any atom is -0.493 e. The average Bonchev–Trinajstić information content (AvgIpc) is 3.20. The van der Waals surface area contributed by atoms with Gasteiger partial charge < -0.3 is 20.1 Å². The number of nitrogens with zero attached hydrogens (tertiary/aromatic N) is 1. The van der Waals surface area contributed by atoms with E-state index in [1.807, 2.05) is 26.0 Å². The van der Waals surface area contributed by atoms with Crippen LogP contribution in [0.4, 0.5) is 16.2 Å². The maximum atomic E-state index is 13.0. The number of hydrogen-bond donors (Lipinski definition) is 3. The summed E-state index contributed by atoms with van der Waals surface area (Å²) < 4.78 is 12.1. The molecule has 4 amide bonds. The highest BCUT2D eigenvalue weighted by atomic mass is 79.9. The molecular formula is C28H23BrCl2N4O5S2. The van der Waals surface area contributed by atoms with E-state index >= 15 is 0 Å². The van der Waals surface area contributed by atoms with Gasteiger partial charge >= 0.3 is 6.03 Å². The van der Waals surface area contributed by atoms with Gasteiger partial charge in [-0.3, -0.25) is 9.59 Å². The van der Waals surface area contributed by atoms with Crippen molar-refractivity contribution < 1.29 is 23.9 Å². The van der Waals surface area contributed by atoms with Crippen molar-refractivity contribution in [3.8, 4) is 11.5 Å². The number of urea groups is 1. The van der Waals surface area contributed by atoms with Crippen LogP contribution in [0.2, 0.25) is 10.0 Å². The van der Waals surface area contributed by atoms with Crippen LogP contribution in [0.3, 0.4) is 0 Å². The Morgan fingerprint density at radius 3 is 2.48 bits per heavy atom. The summed E-state index contributed by atoms with van der Waals surface area (Å²) in [6, 6.07) is 12.7. The highest BCUT2D eigenvalue weighted by Gasteiger charge is 2.33. The van der Waals surface area contributed by atoms with Crippen molar-refractivity contribution in [2.45, 2.75) is 13.8 Å². The van der Waals surface area contributed by atoms with Crippen molar-refractivity contribution in [2.24, 2.45) is 0 Å². The van der Waals surface area contributed by atoms with E-state index in [4.69, 9.17) is 44.9 Å². The Labute approximate surface area is 270 Å². The van der Waals surface area contributed by atoms with Gasteiger partial charge in [-0.15, -0.1) is 0 Å². The summed E-state index contributed by atoms with van der Waals surface area (Å²) >= 11 is 21.7. The number of carbonyl (C=O) groups is 3. The van der Waals surface area contributed by atoms with Crippen LogP contribution in [-0.4, -0.2) is 40.9 Å². The number of carbonyl (C=O) groups excluding carboxylic acids is 3. The second kappa shape index (κ2) is 13.8. The van der Waals surface area contributed by atoms with Crippen LogP contribution in [0.25, 0.3) is 6.08 Å². The molecule has 1 aliphatic heterocycles. The average molecular weight is 710 g/mol. The molecule has 42 heavy (non-hydrogen) atoms. The van der Waals surface area contributed by atoms with Gasteiger partial charge in [-0.2, -0.15) is 5.01 Å². The monoisotopic (exact) mass is 708 g/mol. The van der Waals surface area contributed by atoms with Crippen LogP contribution in [0.5, 0.6) is 11.5 Å². The third-order valence-corrected chi connectivity index (χ3v) is 8.58. The van der Waals surface area contributed by atoms with Gasteiger partial charge in [0.1, 0.15) is 0 Å². The fraction of sp³-hybridized carbons (Fsp3) is 0.143. The van der Waals surface area contributed by atoms with Crippen molar-refractivity contribution in [3.05, 3.63) is 84.6 Å². The van der Waals surface area contributed by atoms with Crippen molar-refractivity contribution in [3.63, 3.8) is 0 Å². The lowest BCUT2D eigenvalue weighted by Crippen LogP contribution is -2.46. The van der Waals surface area contributed by atoms with Crippen LogP contribution in [0.15, 0.2) is 57.9 Å². The molecule has 0 atom stereocenters. The maximum absolute atomic E-state index is 13.0. The Morgan fingerprint density at radius 1 is 1.02 bits per heavy atom. The number of rotatable bonds is 8. The van der Waals surface area contributed by atoms with Gasteiger partial charge in [0.2, 0.25) is 0 Å². The molecule has 0 bridgehead atoms. The van der Waals surface area contributed by atoms with Gasteiger partial charge in [-0.05, 0) is 107 Å². The zero-order chi connectivity index (χ0) is 30.6. The zero-order valence-corrected chi connectivity index (χ0v) is 27.1. The normalized spacial score (nSPS) is 13.8. The molecule has 14 heteroatoms. The molecule has 0 spiro atoms. The van der Waals surface area contributed by atoms with E-state index in [0.29, 0.717) is 33.5 Å².